The molecule has 0 atom stereocenters. The second kappa shape index (κ2) is 6.10. The molecule has 1 rings (SSSR count). The molecule has 3 nitrogen and oxygen atoms in total. The van der Waals surface area contributed by atoms with Crippen LogP contribution in [-0.4, -0.2) is 23.5 Å². The van der Waals surface area contributed by atoms with E-state index >= 15 is 0 Å². The zero-order valence-electron chi connectivity index (χ0n) is 11.0. The molecule has 0 unspecified atom stereocenters. The summed E-state index contributed by atoms with van der Waals surface area (Å²) in [6.07, 6.45) is 1.89. The minimum atomic E-state index is 0.0359. The third kappa shape index (κ3) is 4.82. The minimum absolute atomic E-state index is 0.0359. The molecule has 0 aromatic carbocycles. The van der Waals surface area contributed by atoms with Crippen molar-refractivity contribution in [2.75, 3.05) is 17.7 Å². The fraction of sp³-hybridized carbons (Fsp3) is 0.615. The van der Waals surface area contributed by atoms with E-state index in [2.05, 4.69) is 24.1 Å². The highest BCUT2D eigenvalue weighted by molar-refractivity contribution is 6.18. The van der Waals surface area contributed by atoms with Crippen LogP contribution >= 0.6 is 11.6 Å². The summed E-state index contributed by atoms with van der Waals surface area (Å²) in [6.45, 7) is 8.98. The van der Waals surface area contributed by atoms with Crippen molar-refractivity contribution in [3.8, 4) is 5.75 Å². The smallest absolute Gasteiger partial charge is 0.168 e. The van der Waals surface area contributed by atoms with Crippen molar-refractivity contribution >= 4 is 17.4 Å². The highest BCUT2D eigenvalue weighted by atomic mass is 35.5. The Labute approximate surface area is 109 Å². The van der Waals surface area contributed by atoms with Crippen LogP contribution in [0.5, 0.6) is 5.75 Å². The molecule has 1 heterocycles. The minimum Gasteiger partial charge on any atom is -0.487 e. The van der Waals surface area contributed by atoms with E-state index in [4.69, 9.17) is 16.3 Å². The summed E-state index contributed by atoms with van der Waals surface area (Å²) in [5, 5.41) is 3.29. The lowest BCUT2D eigenvalue weighted by molar-refractivity contribution is 0.242. The van der Waals surface area contributed by atoms with E-state index in [-0.39, 0.29) is 11.5 Å². The van der Waals surface area contributed by atoms with Crippen LogP contribution in [0.4, 0.5) is 5.82 Å². The van der Waals surface area contributed by atoms with Crippen molar-refractivity contribution in [3.05, 3.63) is 18.3 Å². The summed E-state index contributed by atoms with van der Waals surface area (Å²) < 4.78 is 5.69. The van der Waals surface area contributed by atoms with E-state index in [9.17, 15) is 0 Å². The Morgan fingerprint density at radius 1 is 1.47 bits per heavy atom. The molecule has 0 bridgehead atoms. The molecule has 0 radical (unpaired) electrons. The molecule has 17 heavy (non-hydrogen) atoms. The van der Waals surface area contributed by atoms with E-state index < -0.39 is 0 Å². The van der Waals surface area contributed by atoms with Crippen molar-refractivity contribution in [2.24, 2.45) is 5.41 Å². The fourth-order valence-corrected chi connectivity index (χ4v) is 1.34. The van der Waals surface area contributed by atoms with E-state index in [1.54, 1.807) is 6.20 Å². The van der Waals surface area contributed by atoms with Gasteiger partial charge in [-0.15, -0.1) is 11.6 Å². The van der Waals surface area contributed by atoms with Gasteiger partial charge in [-0.05, 0) is 31.4 Å². The van der Waals surface area contributed by atoms with E-state index in [1.807, 2.05) is 26.0 Å². The molecule has 1 aromatic rings. The zero-order chi connectivity index (χ0) is 12.9. The van der Waals surface area contributed by atoms with Gasteiger partial charge in [-0.2, -0.15) is 0 Å². The van der Waals surface area contributed by atoms with Crippen molar-refractivity contribution < 1.29 is 4.74 Å². The monoisotopic (exact) mass is 256 g/mol. The number of pyridine rings is 1. The van der Waals surface area contributed by atoms with Gasteiger partial charge in [0.2, 0.25) is 0 Å². The first kappa shape index (κ1) is 14.1. The quantitative estimate of drug-likeness (QED) is 0.791. The Morgan fingerprint density at radius 2 is 2.18 bits per heavy atom. The maximum Gasteiger partial charge on any atom is 0.168 e. The molecule has 4 heteroatoms. The van der Waals surface area contributed by atoms with Crippen molar-refractivity contribution in [1.82, 2.24) is 4.98 Å². The number of halogens is 1. The fourth-order valence-electron chi connectivity index (χ4n) is 1.24. The maximum absolute atomic E-state index is 5.89. The summed E-state index contributed by atoms with van der Waals surface area (Å²) in [6, 6.07) is 3.79. The molecule has 1 N–H and O–H groups in total. The van der Waals surface area contributed by atoms with Crippen LogP contribution in [0.1, 0.15) is 27.7 Å². The molecule has 0 saturated carbocycles. The van der Waals surface area contributed by atoms with Gasteiger partial charge in [0, 0.05) is 18.6 Å². The summed E-state index contributed by atoms with van der Waals surface area (Å²) in [4.78, 5) is 4.29. The third-order valence-corrected chi connectivity index (χ3v) is 2.95. The molecule has 0 fully saturated rings. The standard InChI is InChI=1S/C13H21ClN2O/c1-10(2)17-11-6-5-7-15-12(11)16-9-13(3,4)8-14/h5-7,10H,8-9H2,1-4H3,(H,15,16). The lowest BCUT2D eigenvalue weighted by atomic mass is 9.97. The lowest BCUT2D eigenvalue weighted by Crippen LogP contribution is -2.25. The predicted molar refractivity (Wildman–Crippen MR) is 73.0 cm³/mol. The summed E-state index contributed by atoms with van der Waals surface area (Å²) in [7, 11) is 0. The van der Waals surface area contributed by atoms with Crippen LogP contribution in [0.3, 0.4) is 0 Å². The summed E-state index contributed by atoms with van der Waals surface area (Å²) in [5.41, 5.74) is 0.0359. The van der Waals surface area contributed by atoms with Crippen LogP contribution < -0.4 is 10.1 Å². The molecule has 0 aliphatic carbocycles. The van der Waals surface area contributed by atoms with Gasteiger partial charge in [-0.1, -0.05) is 13.8 Å². The van der Waals surface area contributed by atoms with Gasteiger partial charge in [0.15, 0.2) is 11.6 Å². The van der Waals surface area contributed by atoms with Crippen LogP contribution in [-0.2, 0) is 0 Å². The highest BCUT2D eigenvalue weighted by Crippen LogP contribution is 2.24. The number of ether oxygens (including phenoxy) is 1. The number of rotatable bonds is 6. The van der Waals surface area contributed by atoms with Gasteiger partial charge < -0.3 is 10.1 Å². The van der Waals surface area contributed by atoms with Gasteiger partial charge in [0.05, 0.1) is 6.10 Å². The van der Waals surface area contributed by atoms with Crippen molar-refractivity contribution in [2.45, 2.75) is 33.8 Å². The topological polar surface area (TPSA) is 34.1 Å². The second-order valence-corrected chi connectivity index (χ2v) is 5.44. The van der Waals surface area contributed by atoms with Gasteiger partial charge in [-0.3, -0.25) is 0 Å². The summed E-state index contributed by atoms with van der Waals surface area (Å²) in [5.74, 6) is 2.17. The lowest BCUT2D eigenvalue weighted by Gasteiger charge is -2.23. The highest BCUT2D eigenvalue weighted by Gasteiger charge is 2.17. The second-order valence-electron chi connectivity index (χ2n) is 5.17. The zero-order valence-corrected chi connectivity index (χ0v) is 11.7. The Hall–Kier alpha value is -0.960. The molecule has 0 amide bonds. The molecular formula is C13H21ClN2O. The normalized spacial score (nSPS) is 11.6. The number of hydrogen-bond acceptors (Lipinski definition) is 3. The first-order chi connectivity index (χ1) is 7.94. The third-order valence-electron chi connectivity index (χ3n) is 2.23. The maximum atomic E-state index is 5.89. The number of anilines is 1. The average Bonchev–Trinajstić information content (AvgIpc) is 2.27. The Balaban J connectivity index is 2.70. The Kier molecular flexibility index (Phi) is 5.06. The van der Waals surface area contributed by atoms with Gasteiger partial charge in [-0.25, -0.2) is 4.98 Å². The van der Waals surface area contributed by atoms with Crippen molar-refractivity contribution in [1.29, 1.82) is 0 Å². The average molecular weight is 257 g/mol. The molecule has 1 aromatic heterocycles. The molecule has 0 aliphatic rings. The predicted octanol–water partition coefficient (Wildman–Crippen LogP) is 3.55. The number of nitrogens with zero attached hydrogens (tertiary/aromatic N) is 1. The largest absolute Gasteiger partial charge is 0.487 e. The number of hydrogen-bond donors (Lipinski definition) is 1. The Bertz CT molecular complexity index is 353. The van der Waals surface area contributed by atoms with Crippen molar-refractivity contribution in [3.63, 3.8) is 0 Å². The molecular weight excluding hydrogens is 236 g/mol. The van der Waals surface area contributed by atoms with Crippen LogP contribution in [0.15, 0.2) is 18.3 Å². The summed E-state index contributed by atoms with van der Waals surface area (Å²) >= 11 is 5.89. The molecule has 0 aliphatic heterocycles. The van der Waals surface area contributed by atoms with Crippen LogP contribution in [0.25, 0.3) is 0 Å². The molecule has 0 saturated heterocycles. The van der Waals surface area contributed by atoms with E-state index in [0.29, 0.717) is 5.88 Å². The number of alkyl halides is 1. The Morgan fingerprint density at radius 3 is 2.76 bits per heavy atom. The molecule has 96 valence electrons. The first-order valence-corrected chi connectivity index (χ1v) is 6.39. The van der Waals surface area contributed by atoms with Crippen LogP contribution in [0.2, 0.25) is 0 Å². The van der Waals surface area contributed by atoms with Crippen LogP contribution in [0, 0.1) is 5.41 Å². The van der Waals surface area contributed by atoms with Gasteiger partial charge >= 0.3 is 0 Å². The molecule has 0 spiro atoms. The van der Waals surface area contributed by atoms with Gasteiger partial charge in [0.25, 0.3) is 0 Å². The number of aromatic nitrogens is 1. The SMILES string of the molecule is CC(C)Oc1cccnc1NCC(C)(C)CCl. The van der Waals surface area contributed by atoms with Gasteiger partial charge in [0.1, 0.15) is 0 Å². The van der Waals surface area contributed by atoms with E-state index in [1.165, 1.54) is 0 Å². The first-order valence-electron chi connectivity index (χ1n) is 5.86. The van der Waals surface area contributed by atoms with E-state index in [0.717, 1.165) is 18.1 Å². The number of nitrogens with one attached hydrogen (secondary N) is 1.